The van der Waals surface area contributed by atoms with Crippen LogP contribution in [0.2, 0.25) is 0 Å². The van der Waals surface area contributed by atoms with E-state index in [0.717, 1.165) is 15.7 Å². The first-order valence-corrected chi connectivity index (χ1v) is 5.33. The zero-order valence-electron chi connectivity index (χ0n) is 7.97. The third kappa shape index (κ3) is 2.40. The minimum atomic E-state index is -0.226. The number of aromatic nitrogens is 2. The highest BCUT2D eigenvalue weighted by Crippen LogP contribution is 2.20. The molecule has 1 heterocycles. The van der Waals surface area contributed by atoms with Gasteiger partial charge in [-0.2, -0.15) is 0 Å². The molecular formula is C11H10BrN3. The van der Waals surface area contributed by atoms with Crippen molar-refractivity contribution in [3.05, 3.63) is 58.6 Å². The Hall–Kier alpha value is -1.26. The van der Waals surface area contributed by atoms with E-state index < -0.39 is 0 Å². The third-order valence-corrected chi connectivity index (χ3v) is 2.60. The summed E-state index contributed by atoms with van der Waals surface area (Å²) in [5, 5.41) is 0. The highest BCUT2D eigenvalue weighted by molar-refractivity contribution is 9.10. The lowest BCUT2D eigenvalue weighted by Crippen LogP contribution is -2.13. The molecular weight excluding hydrogens is 254 g/mol. The lowest BCUT2D eigenvalue weighted by molar-refractivity contribution is 0.817. The van der Waals surface area contributed by atoms with Gasteiger partial charge in [-0.15, -0.1) is 0 Å². The molecule has 76 valence electrons. The van der Waals surface area contributed by atoms with E-state index in [9.17, 15) is 0 Å². The van der Waals surface area contributed by atoms with Crippen molar-refractivity contribution < 1.29 is 0 Å². The molecule has 4 heteroatoms. The van der Waals surface area contributed by atoms with Crippen LogP contribution in [-0.4, -0.2) is 9.97 Å². The van der Waals surface area contributed by atoms with Gasteiger partial charge in [0.2, 0.25) is 0 Å². The number of hydrogen-bond acceptors (Lipinski definition) is 3. The van der Waals surface area contributed by atoms with Crippen LogP contribution in [0.4, 0.5) is 0 Å². The van der Waals surface area contributed by atoms with Gasteiger partial charge in [-0.3, -0.25) is 9.97 Å². The highest BCUT2D eigenvalue weighted by Gasteiger charge is 2.09. The van der Waals surface area contributed by atoms with Crippen molar-refractivity contribution in [1.29, 1.82) is 0 Å². The second-order valence-electron chi connectivity index (χ2n) is 3.16. The van der Waals surface area contributed by atoms with E-state index in [-0.39, 0.29) is 6.04 Å². The van der Waals surface area contributed by atoms with Crippen molar-refractivity contribution in [3.63, 3.8) is 0 Å². The van der Waals surface area contributed by atoms with E-state index in [1.807, 2.05) is 24.3 Å². The standard InChI is InChI=1S/C11H10BrN3/c12-9-3-1-2-8(6-9)11(13)10-7-14-4-5-15-10/h1-7,11H,13H2. The van der Waals surface area contributed by atoms with Gasteiger partial charge in [-0.1, -0.05) is 28.1 Å². The molecule has 0 aliphatic heterocycles. The Morgan fingerprint density at radius 2 is 2.13 bits per heavy atom. The van der Waals surface area contributed by atoms with Crippen molar-refractivity contribution in [2.24, 2.45) is 5.73 Å². The van der Waals surface area contributed by atoms with Crippen LogP contribution in [-0.2, 0) is 0 Å². The zero-order valence-corrected chi connectivity index (χ0v) is 9.55. The van der Waals surface area contributed by atoms with Gasteiger partial charge in [-0.05, 0) is 17.7 Å². The Kier molecular flexibility index (Phi) is 3.08. The van der Waals surface area contributed by atoms with Crippen molar-refractivity contribution in [2.45, 2.75) is 6.04 Å². The predicted molar refractivity (Wildman–Crippen MR) is 62.2 cm³/mol. The quantitative estimate of drug-likeness (QED) is 0.905. The predicted octanol–water partition coefficient (Wildman–Crippen LogP) is 2.29. The highest BCUT2D eigenvalue weighted by atomic mass is 79.9. The summed E-state index contributed by atoms with van der Waals surface area (Å²) in [7, 11) is 0. The maximum Gasteiger partial charge on any atom is 0.0799 e. The van der Waals surface area contributed by atoms with Gasteiger partial charge in [0.05, 0.1) is 17.9 Å². The minimum absolute atomic E-state index is 0.226. The lowest BCUT2D eigenvalue weighted by atomic mass is 10.1. The molecule has 0 aliphatic carbocycles. The second kappa shape index (κ2) is 4.51. The molecule has 1 unspecified atom stereocenters. The maximum absolute atomic E-state index is 6.06. The molecule has 1 atom stereocenters. The largest absolute Gasteiger partial charge is 0.319 e. The minimum Gasteiger partial charge on any atom is -0.319 e. The second-order valence-corrected chi connectivity index (χ2v) is 4.08. The van der Waals surface area contributed by atoms with Gasteiger partial charge in [0.1, 0.15) is 0 Å². The molecule has 2 aromatic rings. The van der Waals surface area contributed by atoms with Crippen LogP contribution in [0.15, 0.2) is 47.3 Å². The molecule has 1 aromatic heterocycles. The Bertz CT molecular complexity index is 445. The number of benzene rings is 1. The van der Waals surface area contributed by atoms with Gasteiger partial charge in [0.15, 0.2) is 0 Å². The summed E-state index contributed by atoms with van der Waals surface area (Å²) in [6, 6.07) is 7.66. The van der Waals surface area contributed by atoms with Crippen LogP contribution >= 0.6 is 15.9 Å². The van der Waals surface area contributed by atoms with Crippen molar-refractivity contribution in [2.75, 3.05) is 0 Å². The fraction of sp³-hybridized carbons (Fsp3) is 0.0909. The molecule has 2 N–H and O–H groups in total. The SMILES string of the molecule is NC(c1cccc(Br)c1)c1cnccn1. The van der Waals surface area contributed by atoms with E-state index in [2.05, 4.69) is 25.9 Å². The zero-order chi connectivity index (χ0) is 10.7. The molecule has 15 heavy (non-hydrogen) atoms. The number of nitrogens with two attached hydrogens (primary N) is 1. The molecule has 0 aliphatic rings. The molecule has 1 aromatic carbocycles. The first kappa shape index (κ1) is 10.3. The first-order chi connectivity index (χ1) is 7.27. The average Bonchev–Trinajstić information content (AvgIpc) is 2.29. The Morgan fingerprint density at radius 1 is 1.27 bits per heavy atom. The van der Waals surface area contributed by atoms with Crippen molar-refractivity contribution in [1.82, 2.24) is 9.97 Å². The number of halogens is 1. The van der Waals surface area contributed by atoms with E-state index in [4.69, 9.17) is 5.73 Å². The Morgan fingerprint density at radius 3 is 2.80 bits per heavy atom. The number of nitrogens with zero attached hydrogens (tertiary/aromatic N) is 2. The monoisotopic (exact) mass is 263 g/mol. The lowest BCUT2D eigenvalue weighted by Gasteiger charge is -2.10. The Labute approximate surface area is 96.5 Å². The van der Waals surface area contributed by atoms with Gasteiger partial charge in [0.25, 0.3) is 0 Å². The molecule has 3 nitrogen and oxygen atoms in total. The van der Waals surface area contributed by atoms with Crippen LogP contribution in [0.5, 0.6) is 0 Å². The number of rotatable bonds is 2. The van der Waals surface area contributed by atoms with Crippen LogP contribution in [0.25, 0.3) is 0 Å². The molecule has 0 fully saturated rings. The summed E-state index contributed by atoms with van der Waals surface area (Å²) in [6.45, 7) is 0. The number of hydrogen-bond donors (Lipinski definition) is 1. The molecule has 0 spiro atoms. The molecule has 0 saturated carbocycles. The molecule has 0 bridgehead atoms. The maximum atomic E-state index is 6.06. The fourth-order valence-corrected chi connectivity index (χ4v) is 1.76. The van der Waals surface area contributed by atoms with Crippen LogP contribution in [0.3, 0.4) is 0 Å². The van der Waals surface area contributed by atoms with Crippen LogP contribution in [0.1, 0.15) is 17.3 Å². The average molecular weight is 264 g/mol. The summed E-state index contributed by atoms with van der Waals surface area (Å²) < 4.78 is 1.01. The van der Waals surface area contributed by atoms with E-state index in [0.29, 0.717) is 0 Å². The topological polar surface area (TPSA) is 51.8 Å². The normalized spacial score (nSPS) is 12.4. The first-order valence-electron chi connectivity index (χ1n) is 4.54. The van der Waals surface area contributed by atoms with E-state index in [1.165, 1.54) is 0 Å². The summed E-state index contributed by atoms with van der Waals surface area (Å²) in [6.07, 6.45) is 4.97. The van der Waals surface area contributed by atoms with Gasteiger partial charge >= 0.3 is 0 Å². The summed E-state index contributed by atoms with van der Waals surface area (Å²) >= 11 is 3.41. The van der Waals surface area contributed by atoms with Crippen molar-refractivity contribution >= 4 is 15.9 Å². The van der Waals surface area contributed by atoms with E-state index in [1.54, 1.807) is 18.6 Å². The van der Waals surface area contributed by atoms with Crippen LogP contribution in [0, 0.1) is 0 Å². The molecule has 0 amide bonds. The van der Waals surface area contributed by atoms with Gasteiger partial charge in [-0.25, -0.2) is 0 Å². The van der Waals surface area contributed by atoms with Crippen molar-refractivity contribution in [3.8, 4) is 0 Å². The van der Waals surface area contributed by atoms with Gasteiger partial charge < -0.3 is 5.73 Å². The summed E-state index contributed by atoms with van der Waals surface area (Å²) in [4.78, 5) is 8.18. The molecule has 2 rings (SSSR count). The summed E-state index contributed by atoms with van der Waals surface area (Å²) in [5.41, 5.74) is 7.85. The molecule has 0 saturated heterocycles. The van der Waals surface area contributed by atoms with E-state index >= 15 is 0 Å². The Balaban J connectivity index is 2.32. The molecule has 0 radical (unpaired) electrons. The third-order valence-electron chi connectivity index (χ3n) is 2.11. The summed E-state index contributed by atoms with van der Waals surface area (Å²) in [5.74, 6) is 0. The van der Waals surface area contributed by atoms with Gasteiger partial charge in [0, 0.05) is 16.9 Å². The smallest absolute Gasteiger partial charge is 0.0799 e. The fourth-order valence-electron chi connectivity index (χ4n) is 1.34. The van der Waals surface area contributed by atoms with Crippen LogP contribution < -0.4 is 5.73 Å².